The molecule has 5 heteroatoms. The fraction of sp³-hybridized carbons (Fsp3) is 0.529. The van der Waals surface area contributed by atoms with E-state index in [1.165, 1.54) is 0 Å². The molecule has 116 valence electrons. The summed E-state index contributed by atoms with van der Waals surface area (Å²) in [5.74, 6) is -0.155. The van der Waals surface area contributed by atoms with Crippen molar-refractivity contribution in [1.29, 1.82) is 10.5 Å². The highest BCUT2D eigenvalue weighted by Gasteiger charge is 2.36. The highest BCUT2D eigenvalue weighted by Crippen LogP contribution is 2.38. The third-order valence-corrected chi connectivity index (χ3v) is 4.49. The molecule has 1 aromatic carbocycles. The molecule has 1 aliphatic heterocycles. The maximum absolute atomic E-state index is 15.1. The summed E-state index contributed by atoms with van der Waals surface area (Å²) in [5, 5.41) is 18.3. The van der Waals surface area contributed by atoms with Crippen LogP contribution in [-0.2, 0) is 5.67 Å². The van der Waals surface area contributed by atoms with Crippen LogP contribution < -0.4 is 0 Å². The Bertz CT molecular complexity index is 582. The zero-order chi connectivity index (χ0) is 16.0. The molecule has 0 aromatic heterocycles. The highest BCUT2D eigenvalue weighted by molar-refractivity contribution is 6.30. The van der Waals surface area contributed by atoms with Gasteiger partial charge in [-0.15, -0.1) is 0 Å². The Kier molecular flexibility index (Phi) is 5.77. The van der Waals surface area contributed by atoms with Crippen LogP contribution in [0.1, 0.15) is 31.2 Å². The Morgan fingerprint density at radius 3 is 2.64 bits per heavy atom. The number of likely N-dealkylation sites (tertiary alicyclic amines) is 1. The highest BCUT2D eigenvalue weighted by atomic mass is 35.5. The molecule has 1 fully saturated rings. The largest absolute Gasteiger partial charge is 0.302 e. The van der Waals surface area contributed by atoms with Crippen molar-refractivity contribution in [3.05, 3.63) is 34.9 Å². The van der Waals surface area contributed by atoms with E-state index in [0.29, 0.717) is 55.9 Å². The number of hydrogen-bond donors (Lipinski definition) is 0. The second-order valence-electron chi connectivity index (χ2n) is 5.80. The van der Waals surface area contributed by atoms with Crippen LogP contribution in [-0.4, -0.2) is 24.5 Å². The summed E-state index contributed by atoms with van der Waals surface area (Å²) in [5.41, 5.74) is -0.697. The summed E-state index contributed by atoms with van der Waals surface area (Å²) in [6.07, 6.45) is 1.79. The van der Waals surface area contributed by atoms with Crippen molar-refractivity contribution in [1.82, 2.24) is 4.90 Å². The maximum atomic E-state index is 15.1. The van der Waals surface area contributed by atoms with Crippen molar-refractivity contribution in [3.63, 3.8) is 0 Å². The van der Waals surface area contributed by atoms with E-state index in [1.807, 2.05) is 0 Å². The van der Waals surface area contributed by atoms with Gasteiger partial charge in [0.1, 0.15) is 5.67 Å². The first-order valence-electron chi connectivity index (χ1n) is 7.51. The molecule has 0 amide bonds. The second-order valence-corrected chi connectivity index (χ2v) is 6.24. The van der Waals surface area contributed by atoms with E-state index in [1.54, 1.807) is 24.3 Å². The lowest BCUT2D eigenvalue weighted by molar-refractivity contribution is 0.0517. The Labute approximate surface area is 135 Å². The molecule has 0 aliphatic carbocycles. The predicted octanol–water partition coefficient (Wildman–Crippen LogP) is 4.04. The van der Waals surface area contributed by atoms with Crippen LogP contribution in [0.4, 0.5) is 4.39 Å². The summed E-state index contributed by atoms with van der Waals surface area (Å²) in [6, 6.07) is 11.3. The van der Waals surface area contributed by atoms with Gasteiger partial charge in [-0.25, -0.2) is 4.39 Å². The van der Waals surface area contributed by atoms with Crippen molar-refractivity contribution in [3.8, 4) is 12.1 Å². The standard InChI is InChI=1S/C17H19ClFN3/c18-16-5-1-4-15(11-16)17(19)6-9-22(10-7-17)13-14(12-21)3-2-8-20/h1,4-5,11,14H,2-3,6-7,9-10,13H2/t14-/m1/s1. The number of nitrogens with zero attached hydrogens (tertiary/aromatic N) is 3. The molecule has 0 spiro atoms. The summed E-state index contributed by atoms with van der Waals surface area (Å²) in [6.45, 7) is 1.85. The van der Waals surface area contributed by atoms with Crippen LogP contribution in [0.3, 0.4) is 0 Å². The first kappa shape index (κ1) is 16.7. The van der Waals surface area contributed by atoms with Gasteiger partial charge in [-0.2, -0.15) is 10.5 Å². The lowest BCUT2D eigenvalue weighted by Gasteiger charge is -2.37. The minimum atomic E-state index is -1.34. The van der Waals surface area contributed by atoms with Gasteiger partial charge in [-0.1, -0.05) is 23.7 Å². The van der Waals surface area contributed by atoms with E-state index in [4.69, 9.17) is 22.1 Å². The average molecular weight is 320 g/mol. The van der Waals surface area contributed by atoms with Crippen LogP contribution in [0.2, 0.25) is 5.02 Å². The van der Waals surface area contributed by atoms with Gasteiger partial charge in [0.2, 0.25) is 0 Å². The lowest BCUT2D eigenvalue weighted by Crippen LogP contribution is -2.42. The van der Waals surface area contributed by atoms with Crippen LogP contribution in [0.25, 0.3) is 0 Å². The molecule has 1 atom stereocenters. The van der Waals surface area contributed by atoms with Crippen molar-refractivity contribution in [2.75, 3.05) is 19.6 Å². The summed E-state index contributed by atoms with van der Waals surface area (Å²) in [7, 11) is 0. The number of rotatable bonds is 5. The molecule has 0 saturated carbocycles. The molecule has 0 N–H and O–H groups in total. The topological polar surface area (TPSA) is 50.8 Å². The number of nitriles is 2. The lowest BCUT2D eigenvalue weighted by atomic mass is 9.86. The third-order valence-electron chi connectivity index (χ3n) is 4.26. The Hall–Kier alpha value is -1.62. The molecule has 0 radical (unpaired) electrons. The summed E-state index contributed by atoms with van der Waals surface area (Å²) >= 11 is 5.95. The third kappa shape index (κ3) is 4.19. The molecule has 0 bridgehead atoms. The molecule has 1 aromatic rings. The number of piperidine rings is 1. The first-order valence-corrected chi connectivity index (χ1v) is 7.89. The van der Waals surface area contributed by atoms with Crippen molar-refractivity contribution in [2.45, 2.75) is 31.4 Å². The van der Waals surface area contributed by atoms with E-state index >= 15 is 4.39 Å². The van der Waals surface area contributed by atoms with Crippen LogP contribution in [0, 0.1) is 28.6 Å². The molecule has 3 nitrogen and oxygen atoms in total. The Balaban J connectivity index is 1.92. The minimum Gasteiger partial charge on any atom is -0.302 e. The van der Waals surface area contributed by atoms with Gasteiger partial charge >= 0.3 is 0 Å². The van der Waals surface area contributed by atoms with E-state index in [2.05, 4.69) is 17.0 Å². The predicted molar refractivity (Wildman–Crippen MR) is 83.9 cm³/mol. The average Bonchev–Trinajstić information content (AvgIpc) is 2.53. The maximum Gasteiger partial charge on any atom is 0.138 e. The quantitative estimate of drug-likeness (QED) is 0.822. The van der Waals surface area contributed by atoms with E-state index in [9.17, 15) is 0 Å². The first-order chi connectivity index (χ1) is 10.6. The van der Waals surface area contributed by atoms with Crippen LogP contribution in [0.15, 0.2) is 24.3 Å². The second kappa shape index (κ2) is 7.58. The van der Waals surface area contributed by atoms with Gasteiger partial charge in [0.25, 0.3) is 0 Å². The van der Waals surface area contributed by atoms with Gasteiger partial charge in [-0.3, -0.25) is 0 Å². The molecular formula is C17H19ClFN3. The molecule has 1 heterocycles. The molecule has 2 rings (SSSR count). The van der Waals surface area contributed by atoms with Crippen molar-refractivity contribution >= 4 is 11.6 Å². The monoisotopic (exact) mass is 319 g/mol. The molecule has 0 unspecified atom stereocenters. The minimum absolute atomic E-state index is 0.155. The fourth-order valence-electron chi connectivity index (χ4n) is 2.89. The van der Waals surface area contributed by atoms with Crippen LogP contribution in [0.5, 0.6) is 0 Å². The van der Waals surface area contributed by atoms with E-state index < -0.39 is 5.67 Å². The van der Waals surface area contributed by atoms with E-state index in [-0.39, 0.29) is 5.92 Å². The number of hydrogen-bond acceptors (Lipinski definition) is 3. The molecule has 1 aliphatic rings. The Morgan fingerprint density at radius 2 is 2.05 bits per heavy atom. The van der Waals surface area contributed by atoms with Gasteiger partial charge in [0.05, 0.1) is 18.1 Å². The van der Waals surface area contributed by atoms with Crippen LogP contribution >= 0.6 is 11.6 Å². The number of halogens is 2. The van der Waals surface area contributed by atoms with E-state index in [0.717, 1.165) is 0 Å². The van der Waals surface area contributed by atoms with Gasteiger partial charge < -0.3 is 4.90 Å². The molecule has 22 heavy (non-hydrogen) atoms. The zero-order valence-corrected chi connectivity index (χ0v) is 13.2. The number of benzene rings is 1. The van der Waals surface area contributed by atoms with Crippen molar-refractivity contribution in [2.24, 2.45) is 5.92 Å². The van der Waals surface area contributed by atoms with Crippen molar-refractivity contribution < 1.29 is 4.39 Å². The number of alkyl halides is 1. The van der Waals surface area contributed by atoms with Gasteiger partial charge in [-0.05, 0) is 37.0 Å². The molecule has 1 saturated heterocycles. The SMILES string of the molecule is N#CCC[C@H](C#N)CN1CCC(F)(c2cccc(Cl)c2)CC1. The zero-order valence-electron chi connectivity index (χ0n) is 12.4. The Morgan fingerprint density at radius 1 is 1.32 bits per heavy atom. The normalized spacial score (nSPS) is 19.1. The summed E-state index contributed by atoms with van der Waals surface area (Å²) in [4.78, 5) is 2.12. The fourth-order valence-corrected chi connectivity index (χ4v) is 3.08. The smallest absolute Gasteiger partial charge is 0.138 e. The van der Waals surface area contributed by atoms with Gasteiger partial charge in [0.15, 0.2) is 0 Å². The summed E-state index contributed by atoms with van der Waals surface area (Å²) < 4.78 is 15.1. The molecular weight excluding hydrogens is 301 g/mol. The van der Waals surface area contributed by atoms with Gasteiger partial charge in [0, 0.05) is 31.1 Å².